The van der Waals surface area contributed by atoms with Crippen molar-refractivity contribution in [1.29, 1.82) is 0 Å². The number of nitrogens with one attached hydrogen (secondary N) is 1. The largest absolute Gasteiger partial charge is 0.344 e. The third kappa shape index (κ3) is 2.67. The normalized spacial score (nSPS) is 11.1. The van der Waals surface area contributed by atoms with Gasteiger partial charge in [0.2, 0.25) is 0 Å². The van der Waals surface area contributed by atoms with E-state index in [0.29, 0.717) is 0 Å². The molecule has 1 N–H and O–H groups in total. The first-order valence-electron chi connectivity index (χ1n) is 4.34. The van der Waals surface area contributed by atoms with Gasteiger partial charge in [-0.3, -0.25) is 0 Å². The van der Waals surface area contributed by atoms with E-state index in [9.17, 15) is 0 Å². The van der Waals surface area contributed by atoms with E-state index >= 15 is 0 Å². The molecule has 0 aromatic carbocycles. The van der Waals surface area contributed by atoms with Gasteiger partial charge in [0.05, 0.1) is 0 Å². The summed E-state index contributed by atoms with van der Waals surface area (Å²) in [6, 6.07) is 0. The summed E-state index contributed by atoms with van der Waals surface area (Å²) in [5.74, 6) is 0. The molecule has 0 atom stereocenters. The van der Waals surface area contributed by atoms with Crippen LogP contribution in [0.2, 0.25) is 0 Å². The minimum absolute atomic E-state index is 1.28. The number of unbranched alkanes of at least 4 members (excludes halogenated alkanes) is 2. The molecule has 0 spiro atoms. The van der Waals surface area contributed by atoms with Gasteiger partial charge < -0.3 is 4.75 Å². The van der Waals surface area contributed by atoms with Crippen molar-refractivity contribution in [2.75, 3.05) is 0 Å². The van der Waals surface area contributed by atoms with Gasteiger partial charge >= 0.3 is 0 Å². The fraction of sp³-hybridized carbons (Fsp3) is 0.667. The van der Waals surface area contributed by atoms with E-state index < -0.39 is 0 Å². The first-order chi connectivity index (χ1) is 5.34. The lowest BCUT2D eigenvalue weighted by Gasteiger charge is -1.96. The Bertz CT molecular complexity index is 205. The monoisotopic (exact) mass is 169 g/mol. The Kier molecular flexibility index (Phi) is 3.65. The number of hydrogen-bond donors (Lipinski definition) is 1. The van der Waals surface area contributed by atoms with Gasteiger partial charge in [0.1, 0.15) is 0 Å². The van der Waals surface area contributed by atoms with Crippen LogP contribution in [-0.2, 0) is 6.42 Å². The Hall–Kier alpha value is -0.290. The molecule has 62 valence electrons. The summed E-state index contributed by atoms with van der Waals surface area (Å²) in [7, 11) is 1.32. The number of rotatable bonds is 4. The molecule has 0 bridgehead atoms. The van der Waals surface area contributed by atoms with Crippen molar-refractivity contribution in [3.8, 4) is 0 Å². The molecule has 0 fully saturated rings. The number of aromatic nitrogens is 1. The quantitative estimate of drug-likeness (QED) is 0.662. The molecule has 0 amide bonds. The zero-order valence-electron chi connectivity index (χ0n) is 7.35. The van der Waals surface area contributed by atoms with Crippen molar-refractivity contribution in [2.45, 2.75) is 39.5 Å². The molecule has 1 heterocycles. The van der Waals surface area contributed by atoms with Crippen LogP contribution in [0.5, 0.6) is 0 Å². The topological polar surface area (TPSA) is 15.8 Å². The van der Waals surface area contributed by atoms with Crippen molar-refractivity contribution < 1.29 is 0 Å². The first kappa shape index (κ1) is 8.80. The molecule has 0 radical (unpaired) electrons. The van der Waals surface area contributed by atoms with Gasteiger partial charge in [-0.2, -0.15) is 0 Å². The molecule has 0 saturated carbocycles. The van der Waals surface area contributed by atoms with Crippen LogP contribution in [-0.4, -0.2) is 4.75 Å². The molecule has 1 nitrogen and oxygen atoms in total. The molecule has 1 rings (SSSR count). The average Bonchev–Trinajstić information content (AvgIpc) is 2.37. The standard InChI is InChI=1S/C9H16NP/c1-3-4-5-6-9-8(2)7-10-11-9/h7,10H,3-6H2,1-2H3. The highest BCUT2D eigenvalue weighted by Gasteiger charge is 1.97. The molecule has 0 aliphatic carbocycles. The van der Waals surface area contributed by atoms with Crippen molar-refractivity contribution >= 4 is 8.35 Å². The molecular formula is C9H16NP. The average molecular weight is 169 g/mol. The summed E-state index contributed by atoms with van der Waals surface area (Å²) in [6.07, 6.45) is 7.44. The summed E-state index contributed by atoms with van der Waals surface area (Å²) >= 11 is 0. The van der Waals surface area contributed by atoms with Crippen LogP contribution in [0.1, 0.15) is 37.0 Å². The summed E-state index contributed by atoms with van der Waals surface area (Å²) in [5.41, 5.74) is 1.45. The maximum absolute atomic E-state index is 3.22. The second kappa shape index (κ2) is 4.56. The number of H-pyrrole nitrogens is 1. The fourth-order valence-electron chi connectivity index (χ4n) is 1.17. The number of hydrogen-bond acceptors (Lipinski definition) is 0. The smallest absolute Gasteiger partial charge is 0.0141 e. The van der Waals surface area contributed by atoms with E-state index in [2.05, 4.69) is 24.8 Å². The van der Waals surface area contributed by atoms with Crippen LogP contribution in [0, 0.1) is 6.92 Å². The van der Waals surface area contributed by atoms with Gasteiger partial charge in [-0.15, -0.1) is 0 Å². The highest BCUT2D eigenvalue weighted by Crippen LogP contribution is 2.19. The van der Waals surface area contributed by atoms with Crippen molar-refractivity contribution in [3.63, 3.8) is 0 Å². The first-order valence-corrected chi connectivity index (χ1v) is 5.23. The predicted octanol–water partition coefficient (Wildman–Crippen LogP) is 3.64. The second-order valence-corrected chi connectivity index (χ2v) is 3.99. The summed E-state index contributed by atoms with van der Waals surface area (Å²) < 4.78 is 3.22. The molecule has 11 heavy (non-hydrogen) atoms. The lowest BCUT2D eigenvalue weighted by atomic mass is 10.1. The van der Waals surface area contributed by atoms with E-state index in [1.807, 2.05) is 0 Å². The van der Waals surface area contributed by atoms with Crippen molar-refractivity contribution in [1.82, 2.24) is 4.75 Å². The molecule has 0 aliphatic heterocycles. The SMILES string of the molecule is CCCCCc1p[nH]cc1C. The van der Waals surface area contributed by atoms with Gasteiger partial charge in [-0.25, -0.2) is 0 Å². The molecule has 0 saturated heterocycles. The number of aryl methyl sites for hydroxylation is 2. The molecule has 2 heteroatoms. The molecule has 0 aliphatic rings. The predicted molar refractivity (Wildman–Crippen MR) is 51.3 cm³/mol. The summed E-state index contributed by atoms with van der Waals surface area (Å²) in [6.45, 7) is 4.44. The highest BCUT2D eigenvalue weighted by molar-refractivity contribution is 7.26. The zero-order chi connectivity index (χ0) is 8.10. The van der Waals surface area contributed by atoms with Gasteiger partial charge in [-0.1, -0.05) is 19.8 Å². The second-order valence-electron chi connectivity index (χ2n) is 2.97. The van der Waals surface area contributed by atoms with E-state index in [-0.39, 0.29) is 0 Å². The van der Waals surface area contributed by atoms with Crippen LogP contribution in [0.3, 0.4) is 0 Å². The van der Waals surface area contributed by atoms with Crippen LogP contribution in [0.4, 0.5) is 0 Å². The lowest BCUT2D eigenvalue weighted by molar-refractivity contribution is 0.721. The lowest BCUT2D eigenvalue weighted by Crippen LogP contribution is -1.82. The maximum Gasteiger partial charge on any atom is 0.0141 e. The van der Waals surface area contributed by atoms with Crippen LogP contribution < -0.4 is 0 Å². The maximum atomic E-state index is 3.22. The molecule has 0 unspecified atom stereocenters. The van der Waals surface area contributed by atoms with E-state index in [4.69, 9.17) is 0 Å². The minimum atomic E-state index is 1.28. The molecular weight excluding hydrogens is 153 g/mol. The Balaban J connectivity index is 2.32. The zero-order valence-corrected chi connectivity index (χ0v) is 8.25. The molecule has 1 aromatic rings. The van der Waals surface area contributed by atoms with Crippen LogP contribution >= 0.6 is 8.35 Å². The van der Waals surface area contributed by atoms with Gasteiger partial charge in [0.25, 0.3) is 0 Å². The number of aromatic amines is 1. The van der Waals surface area contributed by atoms with Crippen molar-refractivity contribution in [3.05, 3.63) is 17.1 Å². The van der Waals surface area contributed by atoms with Crippen LogP contribution in [0.15, 0.2) is 6.20 Å². The molecule has 1 aromatic heterocycles. The fourth-order valence-corrected chi connectivity index (χ4v) is 2.10. The third-order valence-corrected chi connectivity index (χ3v) is 3.06. The Morgan fingerprint density at radius 2 is 2.27 bits per heavy atom. The Morgan fingerprint density at radius 1 is 1.45 bits per heavy atom. The highest BCUT2D eigenvalue weighted by atomic mass is 31.0. The third-order valence-electron chi connectivity index (χ3n) is 1.95. The summed E-state index contributed by atoms with van der Waals surface area (Å²) in [5, 5.41) is 1.58. The Labute approximate surface area is 70.4 Å². The van der Waals surface area contributed by atoms with Gasteiger partial charge in [0.15, 0.2) is 0 Å². The minimum Gasteiger partial charge on any atom is -0.344 e. The van der Waals surface area contributed by atoms with Gasteiger partial charge in [-0.05, 0) is 25.3 Å². The Morgan fingerprint density at radius 3 is 2.82 bits per heavy atom. The van der Waals surface area contributed by atoms with E-state index in [1.54, 1.807) is 5.30 Å². The van der Waals surface area contributed by atoms with Crippen LogP contribution in [0.25, 0.3) is 0 Å². The van der Waals surface area contributed by atoms with E-state index in [0.717, 1.165) is 0 Å². The summed E-state index contributed by atoms with van der Waals surface area (Å²) in [4.78, 5) is 0. The van der Waals surface area contributed by atoms with E-state index in [1.165, 1.54) is 39.6 Å². The van der Waals surface area contributed by atoms with Gasteiger partial charge in [0, 0.05) is 19.8 Å². The van der Waals surface area contributed by atoms with Crippen molar-refractivity contribution in [2.24, 2.45) is 0 Å².